The number of hydrogen-bond acceptors (Lipinski definition) is 4. The number of esters is 1. The van der Waals surface area contributed by atoms with Crippen molar-refractivity contribution in [2.24, 2.45) is 11.8 Å². The predicted molar refractivity (Wildman–Crippen MR) is 119 cm³/mol. The highest BCUT2D eigenvalue weighted by Gasteiger charge is 2.24. The summed E-state index contributed by atoms with van der Waals surface area (Å²) < 4.78 is 5.61. The second kappa shape index (κ2) is 12.3. The first-order chi connectivity index (χ1) is 15.1. The van der Waals surface area contributed by atoms with Gasteiger partial charge in [-0.2, -0.15) is 0 Å². The molecule has 31 heavy (non-hydrogen) atoms. The van der Waals surface area contributed by atoms with Crippen molar-refractivity contribution >= 4 is 17.8 Å². The molecular weight excluding hydrogens is 392 g/mol. The summed E-state index contributed by atoms with van der Waals surface area (Å²) in [6.07, 6.45) is 10.9. The van der Waals surface area contributed by atoms with Crippen molar-refractivity contribution in [3.05, 3.63) is 48.0 Å². The number of carbonyl (C=O) groups excluding carboxylic acids is 3. The molecule has 1 aromatic carbocycles. The highest BCUT2D eigenvalue weighted by molar-refractivity contribution is 5.86. The molecule has 168 valence electrons. The second-order valence-corrected chi connectivity index (χ2v) is 8.59. The molecule has 0 aromatic heterocycles. The molecule has 1 aliphatic carbocycles. The molecule has 0 saturated heterocycles. The zero-order chi connectivity index (χ0) is 21.9. The number of hydrogen-bond donors (Lipinski definition) is 2. The third kappa shape index (κ3) is 7.85. The van der Waals surface area contributed by atoms with Crippen molar-refractivity contribution < 1.29 is 19.1 Å². The van der Waals surface area contributed by atoms with Crippen LogP contribution in [-0.4, -0.2) is 30.9 Å². The number of cyclic esters (lactones) is 1. The van der Waals surface area contributed by atoms with Crippen LogP contribution in [0.5, 0.6) is 0 Å². The van der Waals surface area contributed by atoms with E-state index in [4.69, 9.17) is 4.74 Å². The summed E-state index contributed by atoms with van der Waals surface area (Å²) in [6, 6.07) is 9.41. The molecule has 1 heterocycles. The highest BCUT2D eigenvalue weighted by Crippen LogP contribution is 2.23. The number of rotatable bonds is 5. The third-order valence-corrected chi connectivity index (χ3v) is 6.12. The van der Waals surface area contributed by atoms with Crippen molar-refractivity contribution in [1.29, 1.82) is 0 Å². The maximum absolute atomic E-state index is 12.9. The van der Waals surface area contributed by atoms with E-state index in [0.29, 0.717) is 31.7 Å². The Bertz CT molecular complexity index is 756. The van der Waals surface area contributed by atoms with E-state index in [1.165, 1.54) is 32.1 Å². The average Bonchev–Trinajstić information content (AvgIpc) is 2.79. The van der Waals surface area contributed by atoms with Crippen molar-refractivity contribution in [2.75, 3.05) is 13.1 Å². The predicted octanol–water partition coefficient (Wildman–Crippen LogP) is 3.83. The minimum absolute atomic E-state index is 0.0720. The first kappa shape index (κ1) is 23.0. The van der Waals surface area contributed by atoms with Crippen molar-refractivity contribution in [2.45, 2.75) is 63.9 Å². The number of carbonyl (C=O) groups is 3. The Morgan fingerprint density at radius 3 is 2.61 bits per heavy atom. The molecule has 2 aliphatic rings. The van der Waals surface area contributed by atoms with Gasteiger partial charge >= 0.3 is 5.97 Å². The second-order valence-electron chi connectivity index (χ2n) is 8.59. The van der Waals surface area contributed by atoms with E-state index in [9.17, 15) is 14.4 Å². The van der Waals surface area contributed by atoms with Gasteiger partial charge in [-0.1, -0.05) is 61.7 Å². The number of nitrogens with one attached hydrogen (secondary N) is 2. The number of benzene rings is 1. The summed E-state index contributed by atoms with van der Waals surface area (Å²) in [5.41, 5.74) is 0.838. The fourth-order valence-electron chi connectivity index (χ4n) is 4.26. The lowest BCUT2D eigenvalue weighted by Crippen LogP contribution is -2.38. The van der Waals surface area contributed by atoms with Gasteiger partial charge in [-0.3, -0.25) is 14.4 Å². The Hall–Kier alpha value is -2.63. The van der Waals surface area contributed by atoms with E-state index < -0.39 is 12.0 Å². The molecule has 0 bridgehead atoms. The molecule has 1 aromatic rings. The fourth-order valence-corrected chi connectivity index (χ4v) is 4.26. The first-order valence-electron chi connectivity index (χ1n) is 11.6. The number of amides is 2. The van der Waals surface area contributed by atoms with E-state index in [2.05, 4.69) is 10.6 Å². The summed E-state index contributed by atoms with van der Waals surface area (Å²) in [5.74, 6) is -0.419. The molecule has 2 amide bonds. The highest BCUT2D eigenvalue weighted by atomic mass is 16.5. The van der Waals surface area contributed by atoms with Gasteiger partial charge in [0, 0.05) is 19.4 Å². The summed E-state index contributed by atoms with van der Waals surface area (Å²) in [5, 5.41) is 5.94. The van der Waals surface area contributed by atoms with E-state index in [1.54, 1.807) is 0 Å². The molecule has 2 N–H and O–H groups in total. The zero-order valence-electron chi connectivity index (χ0n) is 18.2. The Morgan fingerprint density at radius 2 is 1.84 bits per heavy atom. The molecule has 1 fully saturated rings. The van der Waals surface area contributed by atoms with Crippen molar-refractivity contribution in [3.63, 3.8) is 0 Å². The lowest BCUT2D eigenvalue weighted by Gasteiger charge is -2.23. The van der Waals surface area contributed by atoms with Gasteiger partial charge in [0.1, 0.15) is 6.10 Å². The normalized spacial score (nSPS) is 24.8. The van der Waals surface area contributed by atoms with Crippen LogP contribution in [0.2, 0.25) is 0 Å². The van der Waals surface area contributed by atoms with Crippen LogP contribution in [0.25, 0.3) is 0 Å². The van der Waals surface area contributed by atoms with Gasteiger partial charge in [-0.25, -0.2) is 0 Å². The van der Waals surface area contributed by atoms with Gasteiger partial charge in [-0.05, 0) is 37.2 Å². The largest absolute Gasteiger partial charge is 0.456 e. The first-order valence-corrected chi connectivity index (χ1v) is 11.6. The zero-order valence-corrected chi connectivity index (χ0v) is 18.2. The van der Waals surface area contributed by atoms with Gasteiger partial charge in [0.05, 0.1) is 12.5 Å². The molecule has 6 heteroatoms. The summed E-state index contributed by atoms with van der Waals surface area (Å²) >= 11 is 0. The van der Waals surface area contributed by atoms with E-state index in [1.807, 2.05) is 42.5 Å². The van der Waals surface area contributed by atoms with E-state index in [0.717, 1.165) is 5.56 Å². The van der Waals surface area contributed by atoms with Crippen LogP contribution >= 0.6 is 0 Å². The maximum atomic E-state index is 12.9. The standard InChI is InChI=1S/C25H34N2O4/c28-23(26-17-19-10-4-1-5-11-19)16-21-14-8-3-9-15-24(29)31-22(18-27-25(21)30)20-12-6-2-7-13-20/h2-3,6-8,12-13,19,21-22H,1,4-5,9-11,14-18H2,(H,26,28)(H,27,30)/b8-3-/t21-,22-/m0/s1. The average molecular weight is 427 g/mol. The van der Waals surface area contributed by atoms with Crippen LogP contribution < -0.4 is 10.6 Å². The van der Waals surface area contributed by atoms with Crippen LogP contribution in [0.15, 0.2) is 42.5 Å². The quantitative estimate of drug-likeness (QED) is 0.554. The Kier molecular flexibility index (Phi) is 9.13. The Labute approximate surface area is 184 Å². The summed E-state index contributed by atoms with van der Waals surface area (Å²) in [7, 11) is 0. The molecule has 6 nitrogen and oxygen atoms in total. The van der Waals surface area contributed by atoms with Crippen LogP contribution in [0.4, 0.5) is 0 Å². The maximum Gasteiger partial charge on any atom is 0.306 e. The van der Waals surface area contributed by atoms with Crippen molar-refractivity contribution in [1.82, 2.24) is 10.6 Å². The van der Waals surface area contributed by atoms with Crippen LogP contribution in [0.1, 0.15) is 69.5 Å². The van der Waals surface area contributed by atoms with Crippen molar-refractivity contribution in [3.8, 4) is 0 Å². The van der Waals surface area contributed by atoms with Gasteiger partial charge < -0.3 is 15.4 Å². The van der Waals surface area contributed by atoms with E-state index >= 15 is 0 Å². The van der Waals surface area contributed by atoms with Gasteiger partial charge in [-0.15, -0.1) is 0 Å². The number of allylic oxidation sites excluding steroid dienone is 2. The number of ether oxygens (including phenoxy) is 1. The molecule has 2 atom stereocenters. The molecule has 0 spiro atoms. The third-order valence-electron chi connectivity index (χ3n) is 6.12. The lowest BCUT2D eigenvalue weighted by molar-refractivity contribution is -0.150. The van der Waals surface area contributed by atoms with Crippen LogP contribution in [-0.2, 0) is 19.1 Å². The SMILES string of the molecule is O=C(C[C@@H]1C/C=C\CCC(=O)O[C@H](c2ccccc2)CNC1=O)NCC1CCCCC1. The lowest BCUT2D eigenvalue weighted by atomic mass is 9.89. The van der Waals surface area contributed by atoms with Crippen LogP contribution in [0, 0.1) is 11.8 Å². The van der Waals surface area contributed by atoms with E-state index in [-0.39, 0.29) is 30.7 Å². The molecule has 0 radical (unpaired) electrons. The smallest absolute Gasteiger partial charge is 0.306 e. The topological polar surface area (TPSA) is 84.5 Å². The minimum Gasteiger partial charge on any atom is -0.456 e. The molecule has 3 rings (SSSR count). The molecule has 1 aliphatic heterocycles. The van der Waals surface area contributed by atoms with Crippen LogP contribution in [0.3, 0.4) is 0 Å². The Balaban J connectivity index is 1.59. The summed E-state index contributed by atoms with van der Waals surface area (Å²) in [6.45, 7) is 0.896. The van der Waals surface area contributed by atoms with Gasteiger partial charge in [0.2, 0.25) is 11.8 Å². The monoisotopic (exact) mass is 426 g/mol. The molecular formula is C25H34N2O4. The molecule has 1 saturated carbocycles. The fraction of sp³-hybridized carbons (Fsp3) is 0.560. The van der Waals surface area contributed by atoms with Gasteiger partial charge in [0.15, 0.2) is 0 Å². The Morgan fingerprint density at radius 1 is 1.06 bits per heavy atom. The minimum atomic E-state index is -0.540. The summed E-state index contributed by atoms with van der Waals surface area (Å²) in [4.78, 5) is 37.5. The molecule has 0 unspecified atom stereocenters. The van der Waals surface area contributed by atoms with Gasteiger partial charge in [0.25, 0.3) is 0 Å².